The van der Waals surface area contributed by atoms with Gasteiger partial charge in [0.05, 0.1) is 10.6 Å². The van der Waals surface area contributed by atoms with Gasteiger partial charge in [0.1, 0.15) is 12.6 Å². The number of anilines is 1. The number of nitrogens with zero attached hydrogens (tertiary/aromatic N) is 2. The maximum atomic E-state index is 13.9. The van der Waals surface area contributed by atoms with Crippen LogP contribution in [0.1, 0.15) is 37.0 Å². The molecule has 0 spiro atoms. The highest BCUT2D eigenvalue weighted by Gasteiger charge is 2.32. The van der Waals surface area contributed by atoms with Gasteiger partial charge in [-0.2, -0.15) is 0 Å². The standard InChI is InChI=1S/C29H33Cl2N3O4S/c1-5-15-32-29(36)22(4)33(18-23-7-6-8-24(30)16-23)28(35)19-34(25-12-11-21(3)27(31)17-25)39(37,38)26-13-9-20(2)10-14-26/h6-14,16-17,22H,5,15,18-19H2,1-4H3,(H,32,36). The summed E-state index contributed by atoms with van der Waals surface area (Å²) in [6, 6.07) is 17.3. The molecule has 0 aromatic heterocycles. The van der Waals surface area contributed by atoms with Gasteiger partial charge in [0, 0.05) is 23.1 Å². The number of hydrogen-bond donors (Lipinski definition) is 1. The van der Waals surface area contributed by atoms with Gasteiger partial charge < -0.3 is 10.2 Å². The lowest BCUT2D eigenvalue weighted by Gasteiger charge is -2.32. The van der Waals surface area contributed by atoms with Crippen molar-refractivity contribution in [2.75, 3.05) is 17.4 Å². The summed E-state index contributed by atoms with van der Waals surface area (Å²) in [6.45, 7) is 7.19. The van der Waals surface area contributed by atoms with Crippen molar-refractivity contribution in [3.63, 3.8) is 0 Å². The van der Waals surface area contributed by atoms with E-state index in [0.717, 1.165) is 21.9 Å². The Bertz CT molecular complexity index is 1430. The minimum atomic E-state index is -4.16. The molecule has 0 aliphatic carbocycles. The minimum absolute atomic E-state index is 0.0349. The second-order valence-corrected chi connectivity index (χ2v) is 12.1. The predicted octanol–water partition coefficient (Wildman–Crippen LogP) is 5.75. The Balaban J connectivity index is 2.04. The van der Waals surface area contributed by atoms with Crippen molar-refractivity contribution in [1.29, 1.82) is 0 Å². The summed E-state index contributed by atoms with van der Waals surface area (Å²) in [4.78, 5) is 28.2. The van der Waals surface area contributed by atoms with Gasteiger partial charge in [-0.3, -0.25) is 13.9 Å². The van der Waals surface area contributed by atoms with E-state index in [1.165, 1.54) is 23.1 Å². The molecule has 0 radical (unpaired) electrons. The number of carbonyl (C=O) groups excluding carboxylic acids is 2. The largest absolute Gasteiger partial charge is 0.354 e. The normalized spacial score (nSPS) is 12.1. The number of aryl methyl sites for hydroxylation is 2. The zero-order valence-electron chi connectivity index (χ0n) is 22.4. The fourth-order valence-corrected chi connectivity index (χ4v) is 5.71. The summed E-state index contributed by atoms with van der Waals surface area (Å²) in [5.74, 6) is -0.889. The van der Waals surface area contributed by atoms with Gasteiger partial charge in [0.15, 0.2) is 0 Å². The van der Waals surface area contributed by atoms with E-state index in [4.69, 9.17) is 23.2 Å². The summed E-state index contributed by atoms with van der Waals surface area (Å²) < 4.78 is 28.8. The molecule has 0 bridgehead atoms. The van der Waals surface area contributed by atoms with Crippen LogP contribution in [0, 0.1) is 13.8 Å². The number of rotatable bonds is 11. The molecule has 0 saturated carbocycles. The number of amides is 2. The number of hydrogen-bond acceptors (Lipinski definition) is 4. The van der Waals surface area contributed by atoms with Crippen molar-refractivity contribution in [3.8, 4) is 0 Å². The van der Waals surface area contributed by atoms with E-state index in [2.05, 4.69) is 5.32 Å². The third kappa shape index (κ3) is 7.75. The van der Waals surface area contributed by atoms with Crippen LogP contribution in [0.15, 0.2) is 71.6 Å². The van der Waals surface area contributed by atoms with Crippen LogP contribution in [-0.2, 0) is 26.2 Å². The van der Waals surface area contributed by atoms with Crippen molar-refractivity contribution >= 4 is 50.7 Å². The highest BCUT2D eigenvalue weighted by atomic mass is 35.5. The van der Waals surface area contributed by atoms with Crippen molar-refractivity contribution in [2.45, 2.75) is 51.6 Å². The highest BCUT2D eigenvalue weighted by Crippen LogP contribution is 2.29. The number of sulfonamides is 1. The molecule has 2 amide bonds. The minimum Gasteiger partial charge on any atom is -0.354 e. The molecule has 3 aromatic carbocycles. The molecular formula is C29H33Cl2N3O4S. The molecule has 1 atom stereocenters. The summed E-state index contributed by atoms with van der Waals surface area (Å²) in [6.07, 6.45) is 0.734. The van der Waals surface area contributed by atoms with E-state index in [9.17, 15) is 18.0 Å². The molecule has 3 aromatic rings. The van der Waals surface area contributed by atoms with Gasteiger partial charge >= 0.3 is 0 Å². The monoisotopic (exact) mass is 589 g/mol. The van der Waals surface area contributed by atoms with Crippen molar-refractivity contribution in [3.05, 3.63) is 93.5 Å². The SMILES string of the molecule is CCCNC(=O)C(C)N(Cc1cccc(Cl)c1)C(=O)CN(c1ccc(C)c(Cl)c1)S(=O)(=O)c1ccc(C)cc1. The highest BCUT2D eigenvalue weighted by molar-refractivity contribution is 7.92. The Morgan fingerprint density at radius 1 is 0.974 bits per heavy atom. The van der Waals surface area contributed by atoms with Gasteiger partial charge in [-0.15, -0.1) is 0 Å². The molecule has 0 saturated heterocycles. The first-order valence-corrected chi connectivity index (χ1v) is 14.8. The third-order valence-corrected chi connectivity index (χ3v) is 8.72. The Kier molecular flexibility index (Phi) is 10.4. The summed E-state index contributed by atoms with van der Waals surface area (Å²) in [5.41, 5.74) is 2.61. The molecule has 3 rings (SSSR count). The Labute approximate surface area is 240 Å². The molecule has 7 nitrogen and oxygen atoms in total. The lowest BCUT2D eigenvalue weighted by molar-refractivity contribution is -0.139. The van der Waals surface area contributed by atoms with Crippen molar-refractivity contribution < 1.29 is 18.0 Å². The average Bonchev–Trinajstić information content (AvgIpc) is 2.90. The molecule has 1 N–H and O–H groups in total. The van der Waals surface area contributed by atoms with Crippen LogP contribution >= 0.6 is 23.2 Å². The van der Waals surface area contributed by atoms with Crippen LogP contribution in [0.2, 0.25) is 10.0 Å². The van der Waals surface area contributed by atoms with Crippen LogP contribution in [0.4, 0.5) is 5.69 Å². The summed E-state index contributed by atoms with van der Waals surface area (Å²) in [7, 11) is -4.16. The molecule has 39 heavy (non-hydrogen) atoms. The van der Waals surface area contributed by atoms with E-state index >= 15 is 0 Å². The maximum absolute atomic E-state index is 13.9. The van der Waals surface area contributed by atoms with Crippen LogP contribution in [0.3, 0.4) is 0 Å². The smallest absolute Gasteiger partial charge is 0.264 e. The molecule has 0 aliphatic rings. The van der Waals surface area contributed by atoms with E-state index in [0.29, 0.717) is 22.2 Å². The van der Waals surface area contributed by atoms with Crippen LogP contribution in [-0.4, -0.2) is 44.3 Å². The van der Waals surface area contributed by atoms with Crippen LogP contribution < -0.4 is 9.62 Å². The lowest BCUT2D eigenvalue weighted by atomic mass is 10.1. The third-order valence-electron chi connectivity index (χ3n) is 6.29. The van der Waals surface area contributed by atoms with E-state index < -0.39 is 28.5 Å². The fraction of sp³-hybridized carbons (Fsp3) is 0.310. The zero-order valence-corrected chi connectivity index (χ0v) is 24.8. The van der Waals surface area contributed by atoms with Gasteiger partial charge in [-0.1, -0.05) is 66.0 Å². The Morgan fingerprint density at radius 3 is 2.28 bits per heavy atom. The fourth-order valence-electron chi connectivity index (χ4n) is 3.91. The second-order valence-electron chi connectivity index (χ2n) is 9.38. The summed E-state index contributed by atoms with van der Waals surface area (Å²) >= 11 is 12.5. The maximum Gasteiger partial charge on any atom is 0.264 e. The van der Waals surface area contributed by atoms with Gasteiger partial charge in [-0.05, 0) is 74.7 Å². The van der Waals surface area contributed by atoms with E-state index in [-0.39, 0.29) is 23.0 Å². The predicted molar refractivity (Wildman–Crippen MR) is 157 cm³/mol. The van der Waals surface area contributed by atoms with Crippen molar-refractivity contribution in [2.24, 2.45) is 0 Å². The molecule has 1 unspecified atom stereocenters. The Morgan fingerprint density at radius 2 is 1.67 bits per heavy atom. The lowest BCUT2D eigenvalue weighted by Crippen LogP contribution is -2.51. The number of carbonyl (C=O) groups is 2. The zero-order chi connectivity index (χ0) is 28.7. The van der Waals surface area contributed by atoms with Gasteiger partial charge in [-0.25, -0.2) is 8.42 Å². The summed E-state index contributed by atoms with van der Waals surface area (Å²) in [5, 5.41) is 3.67. The number of halogens is 2. The molecule has 10 heteroatoms. The van der Waals surface area contributed by atoms with Crippen LogP contribution in [0.5, 0.6) is 0 Å². The number of benzene rings is 3. The van der Waals surface area contributed by atoms with Gasteiger partial charge in [0.2, 0.25) is 11.8 Å². The molecule has 0 aliphatic heterocycles. The topological polar surface area (TPSA) is 86.8 Å². The quantitative estimate of drug-likeness (QED) is 0.308. The molecular weight excluding hydrogens is 557 g/mol. The first-order valence-electron chi connectivity index (χ1n) is 12.6. The second kappa shape index (κ2) is 13.3. The first kappa shape index (κ1) is 30.5. The number of nitrogens with one attached hydrogen (secondary N) is 1. The average molecular weight is 591 g/mol. The van der Waals surface area contributed by atoms with E-state index in [1.807, 2.05) is 13.8 Å². The van der Waals surface area contributed by atoms with Crippen LogP contribution in [0.25, 0.3) is 0 Å². The molecule has 0 fully saturated rings. The van der Waals surface area contributed by atoms with E-state index in [1.54, 1.807) is 62.4 Å². The Hall–Kier alpha value is -3.07. The first-order chi connectivity index (χ1) is 18.4. The molecule has 0 heterocycles. The van der Waals surface area contributed by atoms with Gasteiger partial charge in [0.25, 0.3) is 10.0 Å². The molecule has 208 valence electrons. The van der Waals surface area contributed by atoms with Crippen molar-refractivity contribution in [1.82, 2.24) is 10.2 Å².